The van der Waals surface area contributed by atoms with Crippen molar-refractivity contribution in [2.75, 3.05) is 12.4 Å². The molecule has 0 fully saturated rings. The van der Waals surface area contributed by atoms with Crippen LogP contribution in [0.5, 0.6) is 5.75 Å². The first-order valence-corrected chi connectivity index (χ1v) is 9.48. The number of nitrogens with one attached hydrogen (secondary N) is 1. The Hall–Kier alpha value is -3.53. The van der Waals surface area contributed by atoms with E-state index >= 15 is 0 Å². The van der Waals surface area contributed by atoms with Gasteiger partial charge in [-0.15, -0.1) is 10.2 Å². The number of fused-ring (bicyclic) bond motifs is 1. The van der Waals surface area contributed by atoms with E-state index in [9.17, 15) is 9.50 Å². The minimum Gasteiger partial charge on any atom is -0.496 e. The van der Waals surface area contributed by atoms with Crippen molar-refractivity contribution >= 4 is 11.5 Å². The standard InChI is InChI=1S/C20H22FN7O2/c1-12(29)10-27-11-16(24-26-27)17-9-22-20-7-6-19(25-28(17)20)23-13(2)15-8-14(21)4-5-18(15)30-3/h4-9,11-13,29H,10H2,1-3H3,(H,23,25)/t12-,13-/m1/s1. The van der Waals surface area contributed by atoms with Crippen molar-refractivity contribution in [2.24, 2.45) is 0 Å². The van der Waals surface area contributed by atoms with Crippen LogP contribution in [0.2, 0.25) is 0 Å². The summed E-state index contributed by atoms with van der Waals surface area (Å²) in [6, 6.07) is 7.79. The summed E-state index contributed by atoms with van der Waals surface area (Å²) in [6.45, 7) is 3.93. The largest absolute Gasteiger partial charge is 0.496 e. The van der Waals surface area contributed by atoms with Gasteiger partial charge in [-0.3, -0.25) is 0 Å². The molecule has 0 aliphatic heterocycles. The molecule has 9 nitrogen and oxygen atoms in total. The summed E-state index contributed by atoms with van der Waals surface area (Å²) >= 11 is 0. The maximum Gasteiger partial charge on any atom is 0.154 e. The lowest BCUT2D eigenvalue weighted by Gasteiger charge is -2.18. The lowest BCUT2D eigenvalue weighted by Crippen LogP contribution is -2.12. The average molecular weight is 411 g/mol. The SMILES string of the molecule is COc1ccc(F)cc1[C@@H](C)Nc1ccc2ncc(-c3cn(C[C@@H](C)O)nn3)n2n1. The Morgan fingerprint density at radius 3 is 2.83 bits per heavy atom. The van der Waals surface area contributed by atoms with E-state index in [0.29, 0.717) is 40.7 Å². The summed E-state index contributed by atoms with van der Waals surface area (Å²) in [5.41, 5.74) is 2.59. The van der Waals surface area contributed by atoms with Gasteiger partial charge >= 0.3 is 0 Å². The van der Waals surface area contributed by atoms with Crippen LogP contribution in [0.4, 0.5) is 10.2 Å². The molecule has 0 bridgehead atoms. The predicted octanol–water partition coefficient (Wildman–Crippen LogP) is 2.69. The minimum absolute atomic E-state index is 0.250. The number of benzene rings is 1. The molecular formula is C20H22FN7O2. The molecule has 2 N–H and O–H groups in total. The third-order valence-electron chi connectivity index (χ3n) is 4.64. The third kappa shape index (κ3) is 3.94. The molecule has 10 heteroatoms. The van der Waals surface area contributed by atoms with E-state index in [2.05, 4.69) is 25.7 Å². The van der Waals surface area contributed by atoms with E-state index < -0.39 is 6.10 Å². The normalized spacial score (nSPS) is 13.4. The summed E-state index contributed by atoms with van der Waals surface area (Å²) in [5, 5.41) is 25.6. The molecule has 4 rings (SSSR count). The van der Waals surface area contributed by atoms with Gasteiger partial charge in [0.15, 0.2) is 5.65 Å². The number of halogens is 1. The summed E-state index contributed by atoms with van der Waals surface area (Å²) in [7, 11) is 1.55. The molecule has 2 atom stereocenters. The molecule has 0 saturated heterocycles. The number of hydrogen-bond acceptors (Lipinski definition) is 7. The Kier molecular flexibility index (Phi) is 5.32. The number of nitrogens with zero attached hydrogens (tertiary/aromatic N) is 6. The number of ether oxygens (including phenoxy) is 1. The Labute approximate surface area is 172 Å². The van der Waals surface area contributed by atoms with E-state index in [4.69, 9.17) is 4.74 Å². The molecule has 0 saturated carbocycles. The second kappa shape index (κ2) is 8.07. The molecule has 0 aliphatic carbocycles. The predicted molar refractivity (Wildman–Crippen MR) is 109 cm³/mol. The summed E-state index contributed by atoms with van der Waals surface area (Å²) < 4.78 is 22.3. The van der Waals surface area contributed by atoms with Crippen molar-refractivity contribution in [3.63, 3.8) is 0 Å². The van der Waals surface area contributed by atoms with Gasteiger partial charge in [0, 0.05) is 5.56 Å². The second-order valence-corrected chi connectivity index (χ2v) is 7.06. The Bertz CT molecular complexity index is 1170. The molecule has 3 heterocycles. The topological polar surface area (TPSA) is 102 Å². The maximum absolute atomic E-state index is 13.7. The van der Waals surface area contributed by atoms with Crippen molar-refractivity contribution in [1.29, 1.82) is 0 Å². The number of anilines is 1. The summed E-state index contributed by atoms with van der Waals surface area (Å²) in [4.78, 5) is 4.36. The van der Waals surface area contributed by atoms with Gasteiger partial charge in [0.25, 0.3) is 0 Å². The first-order valence-electron chi connectivity index (χ1n) is 9.48. The van der Waals surface area contributed by atoms with E-state index in [1.54, 1.807) is 47.8 Å². The quantitative estimate of drug-likeness (QED) is 0.482. The second-order valence-electron chi connectivity index (χ2n) is 7.06. The van der Waals surface area contributed by atoms with Crippen molar-refractivity contribution in [1.82, 2.24) is 29.6 Å². The number of imidazole rings is 1. The van der Waals surface area contributed by atoms with Crippen LogP contribution < -0.4 is 10.1 Å². The lowest BCUT2D eigenvalue weighted by atomic mass is 10.1. The van der Waals surface area contributed by atoms with Gasteiger partial charge in [0.2, 0.25) is 0 Å². The van der Waals surface area contributed by atoms with Crippen molar-refractivity contribution in [3.8, 4) is 17.1 Å². The molecule has 0 unspecified atom stereocenters. The van der Waals surface area contributed by atoms with Crippen LogP contribution in [0, 0.1) is 5.82 Å². The monoisotopic (exact) mass is 411 g/mol. The maximum atomic E-state index is 13.7. The molecule has 0 radical (unpaired) electrons. The van der Waals surface area contributed by atoms with Crippen LogP contribution in [0.3, 0.4) is 0 Å². The molecular weight excluding hydrogens is 389 g/mol. The van der Waals surface area contributed by atoms with Crippen molar-refractivity contribution < 1.29 is 14.2 Å². The van der Waals surface area contributed by atoms with Gasteiger partial charge in [0.05, 0.1) is 38.2 Å². The van der Waals surface area contributed by atoms with Crippen LogP contribution >= 0.6 is 0 Å². The highest BCUT2D eigenvalue weighted by molar-refractivity contribution is 5.59. The molecule has 3 aromatic heterocycles. The van der Waals surface area contributed by atoms with E-state index in [1.807, 2.05) is 13.0 Å². The van der Waals surface area contributed by atoms with Crippen LogP contribution in [-0.2, 0) is 6.54 Å². The zero-order valence-electron chi connectivity index (χ0n) is 16.8. The number of rotatable bonds is 7. The van der Waals surface area contributed by atoms with Crippen LogP contribution in [-0.4, -0.2) is 47.9 Å². The van der Waals surface area contributed by atoms with Crippen molar-refractivity contribution in [2.45, 2.75) is 32.5 Å². The highest BCUT2D eigenvalue weighted by Crippen LogP contribution is 2.28. The number of methoxy groups -OCH3 is 1. The van der Waals surface area contributed by atoms with E-state index in [-0.39, 0.29) is 11.9 Å². The third-order valence-corrected chi connectivity index (χ3v) is 4.64. The van der Waals surface area contributed by atoms with Gasteiger partial charge in [0.1, 0.15) is 28.8 Å². The zero-order valence-corrected chi connectivity index (χ0v) is 16.8. The van der Waals surface area contributed by atoms with Gasteiger partial charge in [-0.05, 0) is 44.2 Å². The fourth-order valence-corrected chi connectivity index (χ4v) is 3.24. The van der Waals surface area contributed by atoms with Crippen molar-refractivity contribution in [3.05, 3.63) is 54.1 Å². The first-order chi connectivity index (χ1) is 14.4. The van der Waals surface area contributed by atoms with Gasteiger partial charge in [-0.25, -0.2) is 18.6 Å². The van der Waals surface area contributed by atoms with Gasteiger partial charge in [-0.2, -0.15) is 0 Å². The smallest absolute Gasteiger partial charge is 0.154 e. The molecule has 156 valence electrons. The van der Waals surface area contributed by atoms with E-state index in [0.717, 1.165) is 0 Å². The number of aliphatic hydroxyl groups excluding tert-OH is 1. The number of hydrogen-bond donors (Lipinski definition) is 2. The lowest BCUT2D eigenvalue weighted by molar-refractivity contribution is 0.167. The highest BCUT2D eigenvalue weighted by Gasteiger charge is 2.16. The fraction of sp³-hybridized carbons (Fsp3) is 0.300. The van der Waals surface area contributed by atoms with E-state index in [1.165, 1.54) is 12.1 Å². The Balaban J connectivity index is 1.63. The minimum atomic E-state index is -0.531. The van der Waals surface area contributed by atoms with Crippen LogP contribution in [0.1, 0.15) is 25.5 Å². The molecule has 30 heavy (non-hydrogen) atoms. The molecule has 4 aromatic rings. The Morgan fingerprint density at radius 2 is 2.07 bits per heavy atom. The molecule has 1 aromatic carbocycles. The zero-order chi connectivity index (χ0) is 21.3. The van der Waals surface area contributed by atoms with Gasteiger partial charge in [-0.1, -0.05) is 5.21 Å². The fourth-order valence-electron chi connectivity index (χ4n) is 3.24. The average Bonchev–Trinajstić information content (AvgIpc) is 3.33. The van der Waals surface area contributed by atoms with Crippen LogP contribution in [0.25, 0.3) is 17.0 Å². The highest BCUT2D eigenvalue weighted by atomic mass is 19.1. The molecule has 0 spiro atoms. The number of aromatic nitrogens is 6. The number of aliphatic hydroxyl groups is 1. The van der Waals surface area contributed by atoms with Gasteiger partial charge < -0.3 is 15.2 Å². The molecule has 0 amide bonds. The Morgan fingerprint density at radius 1 is 1.23 bits per heavy atom. The van der Waals surface area contributed by atoms with Crippen LogP contribution in [0.15, 0.2) is 42.7 Å². The first kappa shape index (κ1) is 19.8. The summed E-state index contributed by atoms with van der Waals surface area (Å²) in [6.07, 6.45) is 2.87. The summed E-state index contributed by atoms with van der Waals surface area (Å²) in [5.74, 6) is 0.840. The molecule has 0 aliphatic rings.